The third kappa shape index (κ3) is 3.33. The number of aryl methyl sites for hydroxylation is 1. The summed E-state index contributed by atoms with van der Waals surface area (Å²) in [7, 11) is 0. The maximum Gasteiger partial charge on any atom is 0.335 e. The van der Waals surface area contributed by atoms with E-state index in [0.717, 1.165) is 16.6 Å². The number of amides is 2. The Bertz CT molecular complexity index is 938. The second kappa shape index (κ2) is 6.37. The molecule has 6 nitrogen and oxygen atoms in total. The van der Waals surface area contributed by atoms with Gasteiger partial charge in [0.25, 0.3) is 0 Å². The van der Waals surface area contributed by atoms with E-state index in [1.54, 1.807) is 18.2 Å². The fourth-order valence-corrected chi connectivity index (χ4v) is 2.43. The Hall–Kier alpha value is -3.41. The van der Waals surface area contributed by atoms with Gasteiger partial charge in [0.05, 0.1) is 16.8 Å². The molecule has 120 valence electrons. The van der Waals surface area contributed by atoms with E-state index < -0.39 is 12.0 Å². The first-order valence-electron chi connectivity index (χ1n) is 7.31. The molecule has 0 saturated heterocycles. The van der Waals surface area contributed by atoms with Gasteiger partial charge < -0.3 is 15.7 Å². The van der Waals surface area contributed by atoms with E-state index in [0.29, 0.717) is 11.4 Å². The summed E-state index contributed by atoms with van der Waals surface area (Å²) < 4.78 is 0. The lowest BCUT2D eigenvalue weighted by molar-refractivity contribution is 0.0697. The van der Waals surface area contributed by atoms with Crippen LogP contribution >= 0.6 is 0 Å². The number of para-hydroxylation sites is 1. The molecule has 0 aliphatic carbocycles. The number of aromatic nitrogens is 1. The number of carboxylic acids is 1. The molecule has 2 amide bonds. The van der Waals surface area contributed by atoms with Crippen molar-refractivity contribution >= 4 is 34.3 Å². The van der Waals surface area contributed by atoms with Gasteiger partial charge in [-0.25, -0.2) is 9.59 Å². The van der Waals surface area contributed by atoms with Gasteiger partial charge in [0.1, 0.15) is 0 Å². The van der Waals surface area contributed by atoms with Crippen molar-refractivity contribution in [2.75, 3.05) is 10.6 Å². The fourth-order valence-electron chi connectivity index (χ4n) is 2.43. The van der Waals surface area contributed by atoms with E-state index in [2.05, 4.69) is 15.6 Å². The first-order chi connectivity index (χ1) is 11.5. The zero-order valence-corrected chi connectivity index (χ0v) is 12.9. The summed E-state index contributed by atoms with van der Waals surface area (Å²) in [6.07, 6.45) is 0. The van der Waals surface area contributed by atoms with Crippen LogP contribution in [0.2, 0.25) is 0 Å². The molecule has 0 bridgehead atoms. The van der Waals surface area contributed by atoms with Gasteiger partial charge in [-0.2, -0.15) is 0 Å². The molecule has 0 aliphatic heterocycles. The summed E-state index contributed by atoms with van der Waals surface area (Å²) in [5.41, 5.74) is 2.74. The highest BCUT2D eigenvalue weighted by atomic mass is 16.4. The summed E-state index contributed by atoms with van der Waals surface area (Å²) >= 11 is 0. The van der Waals surface area contributed by atoms with Crippen LogP contribution in [0.4, 0.5) is 16.2 Å². The maximum absolute atomic E-state index is 12.2. The average Bonchev–Trinajstić information content (AvgIpc) is 2.54. The number of rotatable bonds is 3. The monoisotopic (exact) mass is 321 g/mol. The minimum Gasteiger partial charge on any atom is -0.478 e. The van der Waals surface area contributed by atoms with Crippen LogP contribution in [0.3, 0.4) is 0 Å². The van der Waals surface area contributed by atoms with Gasteiger partial charge in [0.2, 0.25) is 0 Å². The van der Waals surface area contributed by atoms with E-state index in [-0.39, 0.29) is 5.56 Å². The molecule has 0 saturated carbocycles. The van der Waals surface area contributed by atoms with Crippen LogP contribution in [0.5, 0.6) is 0 Å². The van der Waals surface area contributed by atoms with Crippen molar-refractivity contribution in [1.82, 2.24) is 4.98 Å². The van der Waals surface area contributed by atoms with Crippen LogP contribution in [-0.2, 0) is 0 Å². The van der Waals surface area contributed by atoms with Crippen LogP contribution in [0.25, 0.3) is 10.9 Å². The Balaban J connectivity index is 1.83. The second-order valence-electron chi connectivity index (χ2n) is 5.29. The molecule has 3 aromatic rings. The summed E-state index contributed by atoms with van der Waals surface area (Å²) in [4.78, 5) is 27.6. The molecule has 0 fully saturated rings. The first-order valence-corrected chi connectivity index (χ1v) is 7.31. The quantitative estimate of drug-likeness (QED) is 0.682. The van der Waals surface area contributed by atoms with Crippen LogP contribution in [0, 0.1) is 6.92 Å². The zero-order valence-electron chi connectivity index (χ0n) is 12.9. The Morgan fingerprint density at radius 2 is 1.79 bits per heavy atom. The Morgan fingerprint density at radius 3 is 2.58 bits per heavy atom. The number of nitrogens with zero attached hydrogens (tertiary/aromatic N) is 1. The van der Waals surface area contributed by atoms with Crippen molar-refractivity contribution in [2.24, 2.45) is 0 Å². The molecular weight excluding hydrogens is 306 g/mol. The lowest BCUT2D eigenvalue weighted by atomic mass is 10.1. The highest BCUT2D eigenvalue weighted by Crippen LogP contribution is 2.23. The number of nitrogens with one attached hydrogen (secondary N) is 2. The standard InChI is InChI=1S/C18H15N3O3/c1-11-9-16(14-7-2-3-8-15(14)19-11)21-18(24)20-13-6-4-5-12(10-13)17(22)23/h2-10H,1H3,(H,22,23)(H2,19,20,21,24). The van der Waals surface area contributed by atoms with Crippen molar-refractivity contribution in [3.05, 3.63) is 65.9 Å². The second-order valence-corrected chi connectivity index (χ2v) is 5.29. The number of fused-ring (bicyclic) bond motifs is 1. The van der Waals surface area contributed by atoms with Crippen molar-refractivity contribution in [2.45, 2.75) is 6.92 Å². The van der Waals surface area contributed by atoms with Gasteiger partial charge in [0.15, 0.2) is 0 Å². The summed E-state index contributed by atoms with van der Waals surface area (Å²) in [6.45, 7) is 1.85. The highest BCUT2D eigenvalue weighted by molar-refractivity contribution is 6.05. The number of carbonyl (C=O) groups is 2. The number of urea groups is 1. The van der Waals surface area contributed by atoms with E-state index in [1.165, 1.54) is 12.1 Å². The SMILES string of the molecule is Cc1cc(NC(=O)Nc2cccc(C(=O)O)c2)c2ccccc2n1. The minimum absolute atomic E-state index is 0.109. The van der Waals surface area contributed by atoms with Crippen molar-refractivity contribution in [3.8, 4) is 0 Å². The predicted molar refractivity (Wildman–Crippen MR) is 92.5 cm³/mol. The molecule has 0 aliphatic rings. The molecule has 3 rings (SSSR count). The summed E-state index contributed by atoms with van der Waals surface area (Å²) in [5, 5.41) is 15.2. The molecule has 0 atom stereocenters. The largest absolute Gasteiger partial charge is 0.478 e. The Kier molecular flexibility index (Phi) is 4.11. The molecule has 0 unspecified atom stereocenters. The van der Waals surface area contributed by atoms with Crippen LogP contribution in [-0.4, -0.2) is 22.1 Å². The molecule has 6 heteroatoms. The van der Waals surface area contributed by atoms with Crippen LogP contribution in [0.15, 0.2) is 54.6 Å². The number of aromatic carboxylic acids is 1. The van der Waals surface area contributed by atoms with E-state index in [4.69, 9.17) is 5.11 Å². The third-order valence-electron chi connectivity index (χ3n) is 3.46. The highest BCUT2D eigenvalue weighted by Gasteiger charge is 2.09. The third-order valence-corrected chi connectivity index (χ3v) is 3.46. The predicted octanol–water partition coefficient (Wildman–Crippen LogP) is 3.89. The fraction of sp³-hybridized carbons (Fsp3) is 0.0556. The van der Waals surface area contributed by atoms with Crippen molar-refractivity contribution in [3.63, 3.8) is 0 Å². The van der Waals surface area contributed by atoms with Gasteiger partial charge in [0, 0.05) is 16.8 Å². The molecule has 2 aromatic carbocycles. The Labute approximate surface area is 138 Å². The van der Waals surface area contributed by atoms with Crippen molar-refractivity contribution < 1.29 is 14.7 Å². The van der Waals surface area contributed by atoms with Gasteiger partial charge in [-0.1, -0.05) is 24.3 Å². The normalized spacial score (nSPS) is 10.4. The molecule has 24 heavy (non-hydrogen) atoms. The van der Waals surface area contributed by atoms with Crippen molar-refractivity contribution in [1.29, 1.82) is 0 Å². The first kappa shape index (κ1) is 15.5. The molecular formula is C18H15N3O3. The maximum atomic E-state index is 12.2. The molecule has 1 heterocycles. The molecule has 1 aromatic heterocycles. The van der Waals surface area contributed by atoms with E-state index in [1.807, 2.05) is 31.2 Å². The minimum atomic E-state index is -1.05. The van der Waals surface area contributed by atoms with E-state index >= 15 is 0 Å². The summed E-state index contributed by atoms with van der Waals surface area (Å²) in [6, 6.07) is 14.9. The molecule has 3 N–H and O–H groups in total. The topological polar surface area (TPSA) is 91.3 Å². The Morgan fingerprint density at radius 1 is 1.00 bits per heavy atom. The lowest BCUT2D eigenvalue weighted by Gasteiger charge is -2.11. The van der Waals surface area contributed by atoms with E-state index in [9.17, 15) is 9.59 Å². The number of pyridine rings is 1. The van der Waals surface area contributed by atoms with Gasteiger partial charge in [-0.3, -0.25) is 4.98 Å². The average molecular weight is 321 g/mol. The number of hydrogen-bond donors (Lipinski definition) is 3. The van der Waals surface area contributed by atoms with Crippen LogP contribution in [0.1, 0.15) is 16.1 Å². The number of anilines is 2. The molecule has 0 spiro atoms. The number of carbonyl (C=O) groups excluding carboxylic acids is 1. The van der Waals surface area contributed by atoms with Crippen LogP contribution < -0.4 is 10.6 Å². The van der Waals surface area contributed by atoms with Gasteiger partial charge in [-0.05, 0) is 37.3 Å². The lowest BCUT2D eigenvalue weighted by Crippen LogP contribution is -2.20. The number of benzene rings is 2. The zero-order chi connectivity index (χ0) is 17.1. The summed E-state index contributed by atoms with van der Waals surface area (Å²) in [5.74, 6) is -1.05. The smallest absolute Gasteiger partial charge is 0.335 e. The molecule has 0 radical (unpaired) electrons. The number of carboxylic acid groups (broad SMARTS) is 1. The van der Waals surface area contributed by atoms with Gasteiger partial charge >= 0.3 is 12.0 Å². The van der Waals surface area contributed by atoms with Gasteiger partial charge in [-0.15, -0.1) is 0 Å². The number of hydrogen-bond acceptors (Lipinski definition) is 3.